The van der Waals surface area contributed by atoms with Crippen LogP contribution in [0.4, 0.5) is 5.69 Å². The normalized spacial score (nSPS) is 10.4. The lowest BCUT2D eigenvalue weighted by Gasteiger charge is -2.11. The smallest absolute Gasteiger partial charge is 0.313 e. The van der Waals surface area contributed by atoms with Crippen LogP contribution in [0.25, 0.3) is 0 Å². The molecule has 0 atom stereocenters. The monoisotopic (exact) mass is 277 g/mol. The SMILES string of the molecule is Cc1ccc(NC(=O)C(=O)NCCCN(C)C)c(C)c1. The fraction of sp³-hybridized carbons (Fsp3) is 0.467. The lowest BCUT2D eigenvalue weighted by atomic mass is 10.1. The zero-order valence-electron chi connectivity index (χ0n) is 12.6. The van der Waals surface area contributed by atoms with Gasteiger partial charge in [-0.05, 0) is 52.5 Å². The molecule has 1 aromatic carbocycles. The van der Waals surface area contributed by atoms with Crippen LogP contribution in [-0.2, 0) is 9.59 Å². The highest BCUT2D eigenvalue weighted by Crippen LogP contribution is 2.15. The van der Waals surface area contributed by atoms with E-state index in [2.05, 4.69) is 10.6 Å². The van der Waals surface area contributed by atoms with Gasteiger partial charge in [-0.15, -0.1) is 0 Å². The molecule has 2 N–H and O–H groups in total. The average Bonchev–Trinajstić information content (AvgIpc) is 2.37. The van der Waals surface area contributed by atoms with E-state index in [1.807, 2.05) is 51.0 Å². The summed E-state index contributed by atoms with van der Waals surface area (Å²) < 4.78 is 0. The van der Waals surface area contributed by atoms with Crippen LogP contribution < -0.4 is 10.6 Å². The fourth-order valence-corrected chi connectivity index (χ4v) is 1.81. The van der Waals surface area contributed by atoms with Gasteiger partial charge in [-0.2, -0.15) is 0 Å². The molecule has 1 aromatic rings. The van der Waals surface area contributed by atoms with Crippen molar-refractivity contribution in [2.75, 3.05) is 32.5 Å². The van der Waals surface area contributed by atoms with Gasteiger partial charge in [0.2, 0.25) is 0 Å². The number of anilines is 1. The number of amides is 2. The van der Waals surface area contributed by atoms with Gasteiger partial charge in [-0.25, -0.2) is 0 Å². The highest BCUT2D eigenvalue weighted by molar-refractivity contribution is 6.39. The molecule has 0 fully saturated rings. The molecule has 0 saturated heterocycles. The maximum atomic E-state index is 11.7. The molecule has 0 aliphatic heterocycles. The third kappa shape index (κ3) is 5.40. The maximum absolute atomic E-state index is 11.7. The summed E-state index contributed by atoms with van der Waals surface area (Å²) in [5.74, 6) is -1.22. The Kier molecular flexibility index (Phi) is 6.18. The van der Waals surface area contributed by atoms with E-state index >= 15 is 0 Å². The average molecular weight is 277 g/mol. The molecule has 0 unspecified atom stereocenters. The quantitative estimate of drug-likeness (QED) is 0.630. The third-order valence-corrected chi connectivity index (χ3v) is 2.90. The van der Waals surface area contributed by atoms with E-state index in [9.17, 15) is 9.59 Å². The predicted molar refractivity (Wildman–Crippen MR) is 80.7 cm³/mol. The van der Waals surface area contributed by atoms with Crippen molar-refractivity contribution in [3.63, 3.8) is 0 Å². The van der Waals surface area contributed by atoms with Crippen molar-refractivity contribution in [1.82, 2.24) is 10.2 Å². The number of hydrogen-bond donors (Lipinski definition) is 2. The van der Waals surface area contributed by atoms with Crippen molar-refractivity contribution in [2.45, 2.75) is 20.3 Å². The summed E-state index contributed by atoms with van der Waals surface area (Å²) in [5, 5.41) is 5.24. The second-order valence-electron chi connectivity index (χ2n) is 5.19. The Hall–Kier alpha value is -1.88. The maximum Gasteiger partial charge on any atom is 0.313 e. The van der Waals surface area contributed by atoms with Crippen molar-refractivity contribution in [3.8, 4) is 0 Å². The lowest BCUT2D eigenvalue weighted by Crippen LogP contribution is -2.36. The van der Waals surface area contributed by atoms with Crippen LogP contribution in [0.5, 0.6) is 0 Å². The fourth-order valence-electron chi connectivity index (χ4n) is 1.81. The highest BCUT2D eigenvalue weighted by atomic mass is 16.2. The van der Waals surface area contributed by atoms with Gasteiger partial charge in [0.05, 0.1) is 0 Å². The van der Waals surface area contributed by atoms with Gasteiger partial charge < -0.3 is 15.5 Å². The van der Waals surface area contributed by atoms with Crippen LogP contribution in [0.1, 0.15) is 17.5 Å². The molecule has 0 bridgehead atoms. The summed E-state index contributed by atoms with van der Waals surface area (Å²) in [5.41, 5.74) is 2.73. The van der Waals surface area contributed by atoms with Gasteiger partial charge in [0.1, 0.15) is 0 Å². The second-order valence-corrected chi connectivity index (χ2v) is 5.19. The number of rotatable bonds is 5. The minimum atomic E-state index is -0.623. The summed E-state index contributed by atoms with van der Waals surface area (Å²) >= 11 is 0. The largest absolute Gasteiger partial charge is 0.348 e. The van der Waals surface area contributed by atoms with E-state index in [1.165, 1.54) is 0 Å². The minimum Gasteiger partial charge on any atom is -0.348 e. The summed E-state index contributed by atoms with van der Waals surface area (Å²) in [6.45, 7) is 5.25. The van der Waals surface area contributed by atoms with Gasteiger partial charge in [-0.3, -0.25) is 9.59 Å². The van der Waals surface area contributed by atoms with Crippen molar-refractivity contribution < 1.29 is 9.59 Å². The molecular formula is C15H23N3O2. The highest BCUT2D eigenvalue weighted by Gasteiger charge is 2.13. The molecule has 2 amide bonds. The first-order valence-corrected chi connectivity index (χ1v) is 6.71. The zero-order valence-corrected chi connectivity index (χ0v) is 12.6. The first-order chi connectivity index (χ1) is 9.40. The van der Waals surface area contributed by atoms with Crippen molar-refractivity contribution >= 4 is 17.5 Å². The standard InChI is InChI=1S/C15H23N3O2/c1-11-6-7-13(12(2)10-11)17-15(20)14(19)16-8-5-9-18(3)4/h6-7,10H,5,8-9H2,1-4H3,(H,16,19)(H,17,20). The van der Waals surface area contributed by atoms with Gasteiger partial charge in [0, 0.05) is 12.2 Å². The second kappa shape index (κ2) is 7.65. The Bertz CT molecular complexity index is 484. The van der Waals surface area contributed by atoms with Crippen molar-refractivity contribution in [3.05, 3.63) is 29.3 Å². The molecule has 0 saturated carbocycles. The Morgan fingerprint density at radius 3 is 2.45 bits per heavy atom. The number of nitrogens with zero attached hydrogens (tertiary/aromatic N) is 1. The number of hydrogen-bond acceptors (Lipinski definition) is 3. The topological polar surface area (TPSA) is 61.4 Å². The lowest BCUT2D eigenvalue weighted by molar-refractivity contribution is -0.136. The minimum absolute atomic E-state index is 0.497. The molecule has 0 aliphatic rings. The number of aryl methyl sites for hydroxylation is 2. The number of carbonyl (C=O) groups is 2. The Morgan fingerprint density at radius 2 is 1.85 bits per heavy atom. The molecule has 110 valence electrons. The third-order valence-electron chi connectivity index (χ3n) is 2.90. The summed E-state index contributed by atoms with van der Waals surface area (Å²) in [4.78, 5) is 25.4. The van der Waals surface area contributed by atoms with Gasteiger partial charge in [0.25, 0.3) is 0 Å². The van der Waals surface area contributed by atoms with Crippen molar-refractivity contribution in [1.29, 1.82) is 0 Å². The van der Waals surface area contributed by atoms with Crippen LogP contribution in [-0.4, -0.2) is 43.9 Å². The van der Waals surface area contributed by atoms with E-state index < -0.39 is 11.8 Å². The summed E-state index contributed by atoms with van der Waals surface area (Å²) in [6.07, 6.45) is 0.815. The van der Waals surface area contributed by atoms with E-state index in [-0.39, 0.29) is 0 Å². The Morgan fingerprint density at radius 1 is 1.15 bits per heavy atom. The first kappa shape index (κ1) is 16.2. The molecule has 0 heterocycles. The van der Waals surface area contributed by atoms with E-state index in [4.69, 9.17) is 0 Å². The van der Waals surface area contributed by atoms with E-state index in [0.29, 0.717) is 12.2 Å². The molecule has 5 heteroatoms. The van der Waals surface area contributed by atoms with Crippen LogP contribution >= 0.6 is 0 Å². The summed E-state index contributed by atoms with van der Waals surface area (Å²) in [6, 6.07) is 5.67. The molecule has 0 radical (unpaired) electrons. The molecule has 20 heavy (non-hydrogen) atoms. The molecule has 1 rings (SSSR count). The first-order valence-electron chi connectivity index (χ1n) is 6.71. The van der Waals surface area contributed by atoms with E-state index in [0.717, 1.165) is 24.1 Å². The van der Waals surface area contributed by atoms with Crippen LogP contribution in [0.2, 0.25) is 0 Å². The molecule has 0 aliphatic carbocycles. The van der Waals surface area contributed by atoms with Gasteiger partial charge >= 0.3 is 11.8 Å². The zero-order chi connectivity index (χ0) is 15.1. The number of carbonyl (C=O) groups excluding carboxylic acids is 2. The predicted octanol–water partition coefficient (Wildman–Crippen LogP) is 1.31. The summed E-state index contributed by atoms with van der Waals surface area (Å²) in [7, 11) is 3.93. The molecule has 0 spiro atoms. The Labute approximate surface area is 120 Å². The molecule has 5 nitrogen and oxygen atoms in total. The van der Waals surface area contributed by atoms with E-state index in [1.54, 1.807) is 0 Å². The van der Waals surface area contributed by atoms with Gasteiger partial charge in [-0.1, -0.05) is 17.7 Å². The Balaban J connectivity index is 2.43. The number of nitrogens with one attached hydrogen (secondary N) is 2. The molecule has 0 aromatic heterocycles. The van der Waals surface area contributed by atoms with Crippen LogP contribution in [0.3, 0.4) is 0 Å². The van der Waals surface area contributed by atoms with Gasteiger partial charge in [0.15, 0.2) is 0 Å². The van der Waals surface area contributed by atoms with Crippen molar-refractivity contribution in [2.24, 2.45) is 0 Å². The molecular weight excluding hydrogens is 254 g/mol. The van der Waals surface area contributed by atoms with Crippen LogP contribution in [0.15, 0.2) is 18.2 Å². The van der Waals surface area contributed by atoms with Crippen LogP contribution in [0, 0.1) is 13.8 Å². The number of benzene rings is 1.